The fourth-order valence-corrected chi connectivity index (χ4v) is 2.46. The van der Waals surface area contributed by atoms with Crippen molar-refractivity contribution in [3.05, 3.63) is 66.4 Å². The maximum absolute atomic E-state index is 12.7. The predicted molar refractivity (Wildman–Crippen MR) is 91.3 cm³/mol. The van der Waals surface area contributed by atoms with Gasteiger partial charge in [-0.25, -0.2) is 9.67 Å². The fraction of sp³-hybridized carbons (Fsp3) is 0.118. The molecular formula is C17H16N6O3. The molecule has 0 saturated heterocycles. The highest BCUT2D eigenvalue weighted by atomic mass is 16.2. The molecule has 0 aliphatic heterocycles. The molecule has 2 amide bonds. The van der Waals surface area contributed by atoms with Gasteiger partial charge >= 0.3 is 0 Å². The smallest absolute Gasteiger partial charge is 0.287 e. The van der Waals surface area contributed by atoms with E-state index >= 15 is 0 Å². The molecule has 3 heterocycles. The van der Waals surface area contributed by atoms with E-state index in [1.165, 1.54) is 16.9 Å². The number of aromatic amines is 1. The summed E-state index contributed by atoms with van der Waals surface area (Å²) in [5.41, 5.74) is 5.97. The molecular weight excluding hydrogens is 336 g/mol. The molecule has 0 saturated carbocycles. The molecule has 1 unspecified atom stereocenters. The van der Waals surface area contributed by atoms with Crippen molar-refractivity contribution in [2.75, 3.05) is 0 Å². The van der Waals surface area contributed by atoms with Crippen molar-refractivity contribution in [2.45, 2.75) is 12.5 Å². The van der Waals surface area contributed by atoms with E-state index in [0.717, 1.165) is 0 Å². The van der Waals surface area contributed by atoms with Gasteiger partial charge in [0.05, 0.1) is 6.20 Å². The van der Waals surface area contributed by atoms with Crippen LogP contribution in [0.4, 0.5) is 0 Å². The lowest BCUT2D eigenvalue weighted by Crippen LogP contribution is -2.47. The second kappa shape index (κ2) is 7.43. The van der Waals surface area contributed by atoms with Crippen LogP contribution in [-0.4, -0.2) is 43.4 Å². The van der Waals surface area contributed by atoms with Crippen LogP contribution in [0.15, 0.2) is 55.0 Å². The van der Waals surface area contributed by atoms with Crippen LogP contribution in [-0.2, 0) is 16.0 Å². The minimum absolute atomic E-state index is 0.109. The molecule has 9 heteroatoms. The summed E-state index contributed by atoms with van der Waals surface area (Å²) in [7, 11) is 0. The van der Waals surface area contributed by atoms with Gasteiger partial charge in [0, 0.05) is 24.5 Å². The zero-order valence-corrected chi connectivity index (χ0v) is 13.6. The van der Waals surface area contributed by atoms with Gasteiger partial charge < -0.3 is 16.0 Å². The SMILES string of the molecule is NC(=O)C(=O)C(Cc1ccc[nH]1)NC(=O)c1ccnn1-c1ccccn1. The van der Waals surface area contributed by atoms with Crippen LogP contribution in [0.5, 0.6) is 0 Å². The van der Waals surface area contributed by atoms with E-state index in [1.807, 2.05) is 0 Å². The number of carbonyl (C=O) groups excluding carboxylic acids is 3. The Morgan fingerprint density at radius 1 is 1.15 bits per heavy atom. The van der Waals surface area contributed by atoms with Crippen LogP contribution in [0.25, 0.3) is 5.82 Å². The molecule has 9 nitrogen and oxygen atoms in total. The summed E-state index contributed by atoms with van der Waals surface area (Å²) in [6, 6.07) is 9.08. The highest BCUT2D eigenvalue weighted by Crippen LogP contribution is 2.09. The van der Waals surface area contributed by atoms with Gasteiger partial charge in [0.15, 0.2) is 5.82 Å². The number of carbonyl (C=O) groups is 3. The predicted octanol–water partition coefficient (Wildman–Crippen LogP) is -0.00910. The number of Topliss-reactive ketones (excluding diaryl/α,β-unsaturated/α-hetero) is 1. The van der Waals surface area contributed by atoms with Crippen molar-refractivity contribution >= 4 is 17.6 Å². The lowest BCUT2D eigenvalue weighted by molar-refractivity contribution is -0.137. The number of H-pyrrole nitrogens is 1. The van der Waals surface area contributed by atoms with E-state index in [9.17, 15) is 14.4 Å². The largest absolute Gasteiger partial charge is 0.365 e. The van der Waals surface area contributed by atoms with Gasteiger partial charge in [0.2, 0.25) is 5.78 Å². The summed E-state index contributed by atoms with van der Waals surface area (Å²) in [5.74, 6) is -2.11. The Balaban J connectivity index is 1.83. The monoisotopic (exact) mass is 352 g/mol. The van der Waals surface area contributed by atoms with Crippen LogP contribution in [0.2, 0.25) is 0 Å². The van der Waals surface area contributed by atoms with Crippen molar-refractivity contribution in [2.24, 2.45) is 5.73 Å². The summed E-state index contributed by atoms with van der Waals surface area (Å²) in [6.45, 7) is 0. The Morgan fingerprint density at radius 3 is 2.65 bits per heavy atom. The van der Waals surface area contributed by atoms with Gasteiger partial charge in [0.1, 0.15) is 11.7 Å². The Kier molecular flexibility index (Phi) is 4.88. The molecule has 3 aromatic heterocycles. The van der Waals surface area contributed by atoms with Crippen molar-refractivity contribution < 1.29 is 14.4 Å². The van der Waals surface area contributed by atoms with Gasteiger partial charge in [-0.1, -0.05) is 6.07 Å². The highest BCUT2D eigenvalue weighted by Gasteiger charge is 2.27. The molecule has 0 aliphatic rings. The van der Waals surface area contributed by atoms with Gasteiger partial charge in [-0.3, -0.25) is 14.4 Å². The number of hydrogen-bond donors (Lipinski definition) is 3. The lowest BCUT2D eigenvalue weighted by atomic mass is 10.1. The van der Waals surface area contributed by atoms with Crippen molar-refractivity contribution in [3.8, 4) is 5.82 Å². The molecule has 0 aromatic carbocycles. The minimum Gasteiger partial charge on any atom is -0.365 e. The molecule has 0 aliphatic carbocycles. The number of amides is 2. The van der Waals surface area contributed by atoms with Crippen LogP contribution in [0.1, 0.15) is 16.2 Å². The first kappa shape index (κ1) is 17.1. The zero-order chi connectivity index (χ0) is 18.5. The number of nitrogens with one attached hydrogen (secondary N) is 2. The van der Waals surface area contributed by atoms with Gasteiger partial charge in [-0.05, 0) is 30.3 Å². The molecule has 1 atom stereocenters. The Morgan fingerprint density at radius 2 is 2.00 bits per heavy atom. The molecule has 0 bridgehead atoms. The number of nitrogens with two attached hydrogens (primary N) is 1. The number of nitrogens with zero attached hydrogens (tertiary/aromatic N) is 3. The number of aromatic nitrogens is 4. The van der Waals surface area contributed by atoms with Crippen LogP contribution in [0.3, 0.4) is 0 Å². The summed E-state index contributed by atoms with van der Waals surface area (Å²) < 4.78 is 1.34. The summed E-state index contributed by atoms with van der Waals surface area (Å²) in [6.07, 6.45) is 4.81. The van der Waals surface area contributed by atoms with E-state index in [2.05, 4.69) is 20.4 Å². The van der Waals surface area contributed by atoms with E-state index < -0.39 is 23.6 Å². The lowest BCUT2D eigenvalue weighted by Gasteiger charge is -2.16. The molecule has 4 N–H and O–H groups in total. The van der Waals surface area contributed by atoms with Crippen molar-refractivity contribution in [1.82, 2.24) is 25.1 Å². The first-order valence-corrected chi connectivity index (χ1v) is 7.78. The maximum atomic E-state index is 12.7. The van der Waals surface area contributed by atoms with Gasteiger partial charge in [-0.2, -0.15) is 5.10 Å². The summed E-state index contributed by atoms with van der Waals surface area (Å²) in [4.78, 5) is 43.1. The highest BCUT2D eigenvalue weighted by molar-refractivity contribution is 6.38. The average Bonchev–Trinajstić information content (AvgIpc) is 3.32. The van der Waals surface area contributed by atoms with Crippen molar-refractivity contribution in [1.29, 1.82) is 0 Å². The van der Waals surface area contributed by atoms with E-state index in [-0.39, 0.29) is 12.1 Å². The Bertz CT molecular complexity index is 917. The third-order valence-corrected chi connectivity index (χ3v) is 3.69. The zero-order valence-electron chi connectivity index (χ0n) is 13.6. The molecule has 0 spiro atoms. The average molecular weight is 352 g/mol. The molecule has 0 radical (unpaired) electrons. The van der Waals surface area contributed by atoms with Crippen LogP contribution >= 0.6 is 0 Å². The third kappa shape index (κ3) is 3.66. The molecule has 132 valence electrons. The van der Waals surface area contributed by atoms with Gasteiger partial charge in [0.25, 0.3) is 11.8 Å². The van der Waals surface area contributed by atoms with Crippen LogP contribution in [0, 0.1) is 0 Å². The van der Waals surface area contributed by atoms with Gasteiger partial charge in [-0.15, -0.1) is 0 Å². The number of ketones is 1. The third-order valence-electron chi connectivity index (χ3n) is 3.69. The standard InChI is InChI=1S/C17H16N6O3/c18-16(25)15(24)12(10-11-4-3-8-19-11)22-17(26)13-6-9-21-23(13)14-5-1-2-7-20-14/h1-9,12,19H,10H2,(H2,18,25)(H,22,26). The van der Waals surface area contributed by atoms with E-state index in [1.54, 1.807) is 42.7 Å². The molecule has 3 rings (SSSR count). The Hall–Kier alpha value is -3.75. The van der Waals surface area contributed by atoms with Crippen LogP contribution < -0.4 is 11.1 Å². The number of rotatable bonds is 7. The fourth-order valence-electron chi connectivity index (χ4n) is 2.46. The topological polar surface area (TPSA) is 136 Å². The first-order valence-electron chi connectivity index (χ1n) is 7.78. The summed E-state index contributed by atoms with van der Waals surface area (Å²) in [5, 5.41) is 6.63. The Labute approximate surface area is 148 Å². The number of hydrogen-bond acceptors (Lipinski definition) is 5. The number of pyridine rings is 1. The molecule has 26 heavy (non-hydrogen) atoms. The van der Waals surface area contributed by atoms with E-state index in [0.29, 0.717) is 11.5 Å². The van der Waals surface area contributed by atoms with E-state index in [4.69, 9.17) is 5.73 Å². The molecule has 3 aromatic rings. The number of primary amides is 1. The second-order valence-corrected chi connectivity index (χ2v) is 5.47. The minimum atomic E-state index is -1.11. The first-order chi connectivity index (χ1) is 12.6. The molecule has 0 fully saturated rings. The van der Waals surface area contributed by atoms with Crippen molar-refractivity contribution in [3.63, 3.8) is 0 Å². The quantitative estimate of drug-likeness (QED) is 0.514. The maximum Gasteiger partial charge on any atom is 0.287 e. The second-order valence-electron chi connectivity index (χ2n) is 5.47. The normalized spacial score (nSPS) is 11.7. The summed E-state index contributed by atoms with van der Waals surface area (Å²) >= 11 is 0.